The van der Waals surface area contributed by atoms with Crippen LogP contribution >= 0.6 is 11.3 Å². The number of anilines is 1. The topological polar surface area (TPSA) is 58.2 Å². The first kappa shape index (κ1) is 10.2. The third-order valence-electron chi connectivity index (χ3n) is 2.29. The smallest absolute Gasteiger partial charge is 0.249 e. The Balaban J connectivity index is 2.00. The van der Waals surface area contributed by atoms with Crippen molar-refractivity contribution < 1.29 is 9.59 Å². The maximum Gasteiger partial charge on any atom is 0.249 e. The number of imide groups is 1. The van der Waals surface area contributed by atoms with Crippen LogP contribution in [0.1, 0.15) is 18.4 Å². The minimum absolute atomic E-state index is 0.180. The Hall–Kier alpha value is -1.36. The van der Waals surface area contributed by atoms with E-state index in [0.717, 1.165) is 5.00 Å². The number of hydrogen-bond donors (Lipinski definition) is 2. The second kappa shape index (κ2) is 4.02. The van der Waals surface area contributed by atoms with Crippen molar-refractivity contribution >= 4 is 28.2 Å². The van der Waals surface area contributed by atoms with E-state index in [1.165, 1.54) is 5.56 Å². The molecule has 0 bridgehead atoms. The fraction of sp³-hybridized carbons (Fsp3) is 0.400. The fourth-order valence-electron chi connectivity index (χ4n) is 1.51. The molecule has 2 rings (SSSR count). The number of aryl methyl sites for hydroxylation is 1. The summed E-state index contributed by atoms with van der Waals surface area (Å²) in [6, 6.07) is 1.72. The molecule has 1 aliphatic heterocycles. The van der Waals surface area contributed by atoms with Crippen LogP contribution in [0.25, 0.3) is 0 Å². The van der Waals surface area contributed by atoms with Crippen LogP contribution in [0.15, 0.2) is 11.4 Å². The van der Waals surface area contributed by atoms with Crippen molar-refractivity contribution in [2.24, 2.45) is 0 Å². The molecule has 1 aromatic rings. The zero-order valence-corrected chi connectivity index (χ0v) is 9.19. The Kier molecular flexibility index (Phi) is 2.73. The van der Waals surface area contributed by atoms with Crippen molar-refractivity contribution in [1.29, 1.82) is 0 Å². The van der Waals surface area contributed by atoms with Gasteiger partial charge >= 0.3 is 0 Å². The van der Waals surface area contributed by atoms with Crippen molar-refractivity contribution in [1.82, 2.24) is 5.32 Å². The van der Waals surface area contributed by atoms with Crippen molar-refractivity contribution in [3.63, 3.8) is 0 Å². The molecular formula is C10H12N2O2S. The van der Waals surface area contributed by atoms with Crippen LogP contribution in [-0.4, -0.2) is 17.9 Å². The molecule has 1 fully saturated rings. The number of thiophene rings is 1. The Morgan fingerprint density at radius 1 is 1.53 bits per heavy atom. The highest BCUT2D eigenvalue weighted by Gasteiger charge is 2.26. The lowest BCUT2D eigenvalue weighted by molar-refractivity contribution is -0.133. The Bertz CT molecular complexity index is 400. The highest BCUT2D eigenvalue weighted by molar-refractivity contribution is 7.14. The lowest BCUT2D eigenvalue weighted by atomic mass is 10.1. The van der Waals surface area contributed by atoms with Gasteiger partial charge in [0.1, 0.15) is 6.04 Å². The summed E-state index contributed by atoms with van der Waals surface area (Å²) in [4.78, 5) is 22.3. The normalized spacial score (nSPS) is 21.3. The molecule has 0 radical (unpaired) electrons. The van der Waals surface area contributed by atoms with Gasteiger partial charge in [-0.3, -0.25) is 14.9 Å². The SMILES string of the molecule is Cc1csc(NC2CCC(=O)NC2=O)c1. The van der Waals surface area contributed by atoms with Crippen LogP contribution in [0.3, 0.4) is 0 Å². The average Bonchev–Trinajstić information content (AvgIpc) is 2.56. The number of hydrogen-bond acceptors (Lipinski definition) is 4. The van der Waals surface area contributed by atoms with Crippen molar-refractivity contribution in [2.75, 3.05) is 5.32 Å². The number of nitrogens with one attached hydrogen (secondary N) is 2. The minimum Gasteiger partial charge on any atom is -0.365 e. The molecule has 0 aliphatic carbocycles. The van der Waals surface area contributed by atoms with Crippen LogP contribution in [0, 0.1) is 6.92 Å². The fourth-order valence-corrected chi connectivity index (χ4v) is 2.36. The van der Waals surface area contributed by atoms with E-state index in [9.17, 15) is 9.59 Å². The van der Waals surface area contributed by atoms with Crippen LogP contribution < -0.4 is 10.6 Å². The maximum atomic E-state index is 11.4. The van der Waals surface area contributed by atoms with Crippen molar-refractivity contribution in [3.05, 3.63) is 17.0 Å². The van der Waals surface area contributed by atoms with Gasteiger partial charge in [-0.25, -0.2) is 0 Å². The second-order valence-corrected chi connectivity index (χ2v) is 4.55. The van der Waals surface area contributed by atoms with Gasteiger partial charge in [-0.1, -0.05) is 0 Å². The lowest BCUT2D eigenvalue weighted by Crippen LogP contribution is -2.47. The van der Waals surface area contributed by atoms with E-state index in [2.05, 4.69) is 10.6 Å². The van der Waals surface area contributed by atoms with Gasteiger partial charge in [-0.2, -0.15) is 0 Å². The molecule has 1 aliphatic rings. The first-order valence-corrected chi connectivity index (χ1v) is 5.68. The molecule has 1 saturated heterocycles. The van der Waals surface area contributed by atoms with Gasteiger partial charge in [0.15, 0.2) is 0 Å². The van der Waals surface area contributed by atoms with Crippen LogP contribution in [0.5, 0.6) is 0 Å². The average molecular weight is 224 g/mol. The first-order chi connectivity index (χ1) is 7.15. The lowest BCUT2D eigenvalue weighted by Gasteiger charge is -2.21. The minimum atomic E-state index is -0.277. The second-order valence-electron chi connectivity index (χ2n) is 3.64. The van der Waals surface area contributed by atoms with Gasteiger partial charge < -0.3 is 5.32 Å². The molecule has 80 valence electrons. The van der Waals surface area contributed by atoms with E-state index in [-0.39, 0.29) is 17.9 Å². The van der Waals surface area contributed by atoms with Crippen molar-refractivity contribution in [3.8, 4) is 0 Å². The van der Waals surface area contributed by atoms with Gasteiger partial charge in [-0.05, 0) is 30.4 Å². The van der Waals surface area contributed by atoms with Gasteiger partial charge in [0, 0.05) is 6.42 Å². The summed E-state index contributed by atoms with van der Waals surface area (Å²) in [5.74, 6) is -0.405. The first-order valence-electron chi connectivity index (χ1n) is 4.80. The summed E-state index contributed by atoms with van der Waals surface area (Å²) in [6.07, 6.45) is 0.982. The summed E-state index contributed by atoms with van der Waals surface area (Å²) in [6.45, 7) is 2.01. The monoisotopic (exact) mass is 224 g/mol. The van der Waals surface area contributed by atoms with Gasteiger partial charge in [0.25, 0.3) is 0 Å². The Labute approximate surface area is 91.7 Å². The maximum absolute atomic E-state index is 11.4. The molecule has 0 aromatic carbocycles. The molecule has 4 nitrogen and oxygen atoms in total. The zero-order valence-electron chi connectivity index (χ0n) is 8.37. The number of piperidine rings is 1. The zero-order chi connectivity index (χ0) is 10.8. The van der Waals surface area contributed by atoms with E-state index in [1.807, 2.05) is 18.4 Å². The van der Waals surface area contributed by atoms with E-state index in [4.69, 9.17) is 0 Å². The molecule has 1 unspecified atom stereocenters. The van der Waals surface area contributed by atoms with E-state index in [1.54, 1.807) is 11.3 Å². The molecule has 0 saturated carbocycles. The molecule has 5 heteroatoms. The largest absolute Gasteiger partial charge is 0.365 e. The number of rotatable bonds is 2. The number of carbonyl (C=O) groups is 2. The standard InChI is InChI=1S/C10H12N2O2S/c1-6-4-9(15-5-6)11-7-2-3-8(13)12-10(7)14/h4-5,7,11H,2-3H2,1H3,(H,12,13,14). The summed E-state index contributed by atoms with van der Waals surface area (Å²) in [7, 11) is 0. The summed E-state index contributed by atoms with van der Waals surface area (Å²) in [5, 5.41) is 8.44. The van der Waals surface area contributed by atoms with E-state index >= 15 is 0 Å². The Morgan fingerprint density at radius 3 is 2.93 bits per heavy atom. The number of carbonyl (C=O) groups excluding carboxylic acids is 2. The predicted octanol–water partition coefficient (Wildman–Crippen LogP) is 1.27. The highest BCUT2D eigenvalue weighted by Crippen LogP contribution is 2.22. The summed E-state index contributed by atoms with van der Waals surface area (Å²) in [5.41, 5.74) is 1.18. The molecule has 1 atom stereocenters. The van der Waals surface area contributed by atoms with Gasteiger partial charge in [-0.15, -0.1) is 11.3 Å². The van der Waals surface area contributed by atoms with Crippen LogP contribution in [0.4, 0.5) is 5.00 Å². The Morgan fingerprint density at radius 2 is 2.33 bits per heavy atom. The van der Waals surface area contributed by atoms with Crippen LogP contribution in [-0.2, 0) is 9.59 Å². The third-order valence-corrected chi connectivity index (χ3v) is 3.27. The number of amides is 2. The quantitative estimate of drug-likeness (QED) is 0.744. The molecular weight excluding hydrogens is 212 g/mol. The molecule has 15 heavy (non-hydrogen) atoms. The third kappa shape index (κ3) is 2.36. The van der Waals surface area contributed by atoms with Gasteiger partial charge in [0.2, 0.25) is 11.8 Å². The highest BCUT2D eigenvalue weighted by atomic mass is 32.1. The molecule has 2 amide bonds. The molecule has 2 heterocycles. The van der Waals surface area contributed by atoms with Crippen molar-refractivity contribution in [2.45, 2.75) is 25.8 Å². The molecule has 1 aromatic heterocycles. The summed E-state index contributed by atoms with van der Waals surface area (Å²) < 4.78 is 0. The predicted molar refractivity (Wildman–Crippen MR) is 58.9 cm³/mol. The van der Waals surface area contributed by atoms with E-state index < -0.39 is 0 Å². The summed E-state index contributed by atoms with van der Waals surface area (Å²) >= 11 is 1.57. The molecule has 0 spiro atoms. The molecule has 2 N–H and O–H groups in total. The van der Waals surface area contributed by atoms with Crippen LogP contribution in [0.2, 0.25) is 0 Å². The van der Waals surface area contributed by atoms with Gasteiger partial charge in [0.05, 0.1) is 5.00 Å². The van der Waals surface area contributed by atoms with E-state index in [0.29, 0.717) is 12.8 Å².